The highest BCUT2D eigenvalue weighted by Crippen LogP contribution is 2.32. The highest BCUT2D eigenvalue weighted by molar-refractivity contribution is 6.34. The Morgan fingerprint density at radius 1 is 1.53 bits per heavy atom. The van der Waals surface area contributed by atoms with Gasteiger partial charge in [-0.2, -0.15) is 0 Å². The summed E-state index contributed by atoms with van der Waals surface area (Å²) in [6.07, 6.45) is 0.601. The van der Waals surface area contributed by atoms with Gasteiger partial charge >= 0.3 is 0 Å². The molecule has 0 unspecified atom stereocenters. The summed E-state index contributed by atoms with van der Waals surface area (Å²) in [6, 6.07) is 4.89. The van der Waals surface area contributed by atoms with Gasteiger partial charge in [-0.3, -0.25) is 4.79 Å². The SMILES string of the molecule is CC[C@@H](N)C(=O)Nc1cccc(Cl)c1N(C)C. The summed E-state index contributed by atoms with van der Waals surface area (Å²) < 4.78 is 0. The molecule has 0 bridgehead atoms. The number of carbonyl (C=O) groups is 1. The molecule has 4 nitrogen and oxygen atoms in total. The van der Waals surface area contributed by atoms with Gasteiger partial charge in [-0.25, -0.2) is 0 Å². The van der Waals surface area contributed by atoms with Gasteiger partial charge in [-0.15, -0.1) is 0 Å². The van der Waals surface area contributed by atoms with Crippen LogP contribution in [0.15, 0.2) is 18.2 Å². The van der Waals surface area contributed by atoms with E-state index in [2.05, 4.69) is 5.32 Å². The van der Waals surface area contributed by atoms with E-state index in [-0.39, 0.29) is 5.91 Å². The van der Waals surface area contributed by atoms with Gasteiger partial charge in [0.2, 0.25) is 5.91 Å². The van der Waals surface area contributed by atoms with Crippen molar-refractivity contribution in [2.75, 3.05) is 24.3 Å². The minimum absolute atomic E-state index is 0.196. The third-order valence-corrected chi connectivity index (χ3v) is 2.77. The lowest BCUT2D eigenvalue weighted by molar-refractivity contribution is -0.117. The molecule has 3 N–H and O–H groups in total. The Balaban J connectivity index is 2.99. The molecule has 1 rings (SSSR count). The molecular weight excluding hydrogens is 238 g/mol. The zero-order valence-corrected chi connectivity index (χ0v) is 11.1. The summed E-state index contributed by atoms with van der Waals surface area (Å²) >= 11 is 6.10. The summed E-state index contributed by atoms with van der Waals surface area (Å²) in [5, 5.41) is 3.39. The molecule has 1 amide bonds. The first-order chi connectivity index (χ1) is 7.97. The van der Waals surface area contributed by atoms with E-state index in [0.717, 1.165) is 5.69 Å². The van der Waals surface area contributed by atoms with E-state index in [1.54, 1.807) is 12.1 Å². The molecule has 1 atom stereocenters. The van der Waals surface area contributed by atoms with Gasteiger partial charge in [0.25, 0.3) is 0 Å². The number of nitrogens with two attached hydrogens (primary N) is 1. The fourth-order valence-electron chi connectivity index (χ4n) is 1.48. The quantitative estimate of drug-likeness (QED) is 0.866. The van der Waals surface area contributed by atoms with E-state index < -0.39 is 6.04 Å². The second-order valence-electron chi connectivity index (χ2n) is 4.03. The molecule has 0 saturated carbocycles. The van der Waals surface area contributed by atoms with Crippen LogP contribution in [0.4, 0.5) is 11.4 Å². The van der Waals surface area contributed by atoms with Crippen LogP contribution >= 0.6 is 11.6 Å². The van der Waals surface area contributed by atoms with E-state index in [0.29, 0.717) is 17.1 Å². The van der Waals surface area contributed by atoms with Crippen molar-refractivity contribution in [3.8, 4) is 0 Å². The second kappa shape index (κ2) is 5.89. The van der Waals surface area contributed by atoms with E-state index in [1.165, 1.54) is 0 Å². The van der Waals surface area contributed by atoms with Crippen LogP contribution in [0.3, 0.4) is 0 Å². The van der Waals surface area contributed by atoms with Crippen LogP contribution in [-0.4, -0.2) is 26.0 Å². The molecular formula is C12H18ClN3O. The zero-order chi connectivity index (χ0) is 13.0. The smallest absolute Gasteiger partial charge is 0.241 e. The Kier molecular flexibility index (Phi) is 4.78. The van der Waals surface area contributed by atoms with Gasteiger partial charge in [-0.1, -0.05) is 24.6 Å². The summed E-state index contributed by atoms with van der Waals surface area (Å²) in [6.45, 7) is 1.87. The Bertz CT molecular complexity index is 407. The molecule has 0 fully saturated rings. The highest BCUT2D eigenvalue weighted by atomic mass is 35.5. The van der Waals surface area contributed by atoms with Crippen molar-refractivity contribution in [1.82, 2.24) is 0 Å². The summed E-state index contributed by atoms with van der Waals surface area (Å²) in [5.41, 5.74) is 7.13. The Morgan fingerprint density at radius 3 is 2.71 bits per heavy atom. The average Bonchev–Trinajstić information content (AvgIpc) is 2.27. The lowest BCUT2D eigenvalue weighted by atomic mass is 10.2. The summed E-state index contributed by atoms with van der Waals surface area (Å²) in [7, 11) is 3.74. The average molecular weight is 256 g/mol. The fraction of sp³-hybridized carbons (Fsp3) is 0.417. The largest absolute Gasteiger partial charge is 0.375 e. The molecule has 0 aliphatic rings. The maximum absolute atomic E-state index is 11.7. The van der Waals surface area contributed by atoms with Gasteiger partial charge in [0.1, 0.15) is 0 Å². The minimum Gasteiger partial charge on any atom is -0.375 e. The zero-order valence-electron chi connectivity index (χ0n) is 10.3. The van der Waals surface area contributed by atoms with Crippen LogP contribution in [0.2, 0.25) is 5.02 Å². The first-order valence-electron chi connectivity index (χ1n) is 5.49. The lowest BCUT2D eigenvalue weighted by Crippen LogP contribution is -2.35. The molecule has 0 heterocycles. The van der Waals surface area contributed by atoms with Gasteiger partial charge in [0.05, 0.1) is 22.4 Å². The molecule has 94 valence electrons. The first-order valence-corrected chi connectivity index (χ1v) is 5.87. The maximum atomic E-state index is 11.7. The van der Waals surface area contributed by atoms with Crippen LogP contribution in [-0.2, 0) is 4.79 Å². The van der Waals surface area contributed by atoms with Crippen molar-refractivity contribution >= 4 is 28.9 Å². The number of amides is 1. The van der Waals surface area contributed by atoms with Gasteiger partial charge in [0.15, 0.2) is 0 Å². The van der Waals surface area contributed by atoms with Crippen LogP contribution in [0.5, 0.6) is 0 Å². The molecule has 1 aromatic carbocycles. The minimum atomic E-state index is -0.496. The first kappa shape index (κ1) is 13.8. The third-order valence-electron chi connectivity index (χ3n) is 2.47. The number of nitrogens with zero attached hydrogens (tertiary/aromatic N) is 1. The fourth-order valence-corrected chi connectivity index (χ4v) is 1.83. The topological polar surface area (TPSA) is 58.4 Å². The van der Waals surface area contributed by atoms with E-state index >= 15 is 0 Å². The van der Waals surface area contributed by atoms with Gasteiger partial charge in [-0.05, 0) is 18.6 Å². The lowest BCUT2D eigenvalue weighted by Gasteiger charge is -2.20. The predicted molar refractivity (Wildman–Crippen MR) is 72.7 cm³/mol. The summed E-state index contributed by atoms with van der Waals surface area (Å²) in [4.78, 5) is 13.6. The number of para-hydroxylation sites is 1. The number of benzene rings is 1. The molecule has 0 spiro atoms. The Morgan fingerprint density at radius 2 is 2.18 bits per heavy atom. The van der Waals surface area contributed by atoms with Crippen molar-refractivity contribution in [1.29, 1.82) is 0 Å². The van der Waals surface area contributed by atoms with Crippen molar-refractivity contribution in [2.24, 2.45) is 5.73 Å². The third kappa shape index (κ3) is 3.35. The number of nitrogens with one attached hydrogen (secondary N) is 1. The molecule has 0 saturated heterocycles. The monoisotopic (exact) mass is 255 g/mol. The van der Waals surface area contributed by atoms with Crippen molar-refractivity contribution in [3.63, 3.8) is 0 Å². The van der Waals surface area contributed by atoms with Crippen LogP contribution in [0, 0.1) is 0 Å². The van der Waals surface area contributed by atoms with Crippen LogP contribution in [0.25, 0.3) is 0 Å². The van der Waals surface area contributed by atoms with Crippen molar-refractivity contribution in [3.05, 3.63) is 23.2 Å². The normalized spacial score (nSPS) is 12.1. The standard InChI is InChI=1S/C12H18ClN3O/c1-4-9(14)12(17)15-10-7-5-6-8(13)11(10)16(2)3/h5-7,9H,4,14H2,1-3H3,(H,15,17)/t9-/m1/s1. The van der Waals surface area contributed by atoms with Gasteiger partial charge in [0, 0.05) is 14.1 Å². The molecule has 0 aliphatic carbocycles. The number of anilines is 2. The molecule has 0 aliphatic heterocycles. The molecule has 0 radical (unpaired) electrons. The van der Waals surface area contributed by atoms with Crippen molar-refractivity contribution < 1.29 is 4.79 Å². The molecule has 0 aromatic heterocycles. The number of hydrogen-bond donors (Lipinski definition) is 2. The molecule has 5 heteroatoms. The highest BCUT2D eigenvalue weighted by Gasteiger charge is 2.15. The van der Waals surface area contributed by atoms with Gasteiger partial charge < -0.3 is 16.0 Å². The van der Waals surface area contributed by atoms with E-state index in [9.17, 15) is 4.79 Å². The number of halogens is 1. The van der Waals surface area contributed by atoms with Crippen molar-refractivity contribution in [2.45, 2.75) is 19.4 Å². The maximum Gasteiger partial charge on any atom is 0.241 e. The second-order valence-corrected chi connectivity index (χ2v) is 4.44. The van der Waals surface area contributed by atoms with Crippen LogP contribution in [0.1, 0.15) is 13.3 Å². The number of carbonyl (C=O) groups excluding carboxylic acids is 1. The molecule has 1 aromatic rings. The number of rotatable bonds is 4. The van der Waals surface area contributed by atoms with E-state index in [4.69, 9.17) is 17.3 Å². The van der Waals surface area contributed by atoms with E-state index in [1.807, 2.05) is 32.0 Å². The van der Waals surface area contributed by atoms with Crippen LogP contribution < -0.4 is 16.0 Å². The Hall–Kier alpha value is -1.26. The Labute approximate surface area is 107 Å². The predicted octanol–water partition coefficient (Wildman–Crippen LogP) is 2.08. The molecule has 17 heavy (non-hydrogen) atoms. The number of hydrogen-bond acceptors (Lipinski definition) is 3. The summed E-state index contributed by atoms with van der Waals surface area (Å²) in [5.74, 6) is -0.196.